The molecule has 8 aliphatic rings. The first-order valence-electron chi connectivity index (χ1n) is 26.1. The van der Waals surface area contributed by atoms with E-state index in [1.807, 2.05) is 0 Å². The molecular weight excluding hydrogens is 821 g/mol. The molecule has 0 aromatic rings. The number of fused-ring (bicyclic) bond motifs is 10. The Morgan fingerprint density at radius 2 is 0.969 bits per heavy atom. The van der Waals surface area contributed by atoms with Gasteiger partial charge in [0.15, 0.2) is 0 Å². The zero-order valence-corrected chi connectivity index (χ0v) is 42.3. The molecule has 10 nitrogen and oxygen atoms in total. The predicted molar refractivity (Wildman–Crippen MR) is 250 cm³/mol. The van der Waals surface area contributed by atoms with Crippen LogP contribution in [0, 0.1) is 98.6 Å². The average molecular weight is 909 g/mol. The second kappa shape index (κ2) is 20.5. The highest BCUT2D eigenvalue weighted by molar-refractivity contribution is 5.84. The molecule has 8 saturated carbocycles. The Morgan fingerprint density at radius 1 is 0.585 bits per heavy atom. The standard InChI is InChI=1S/C26H42O3.C25H40O4.C4H6O3/c1-16-10-12-25(3)18(14-16)15-22(27)24-20-8-7-19(17(2)6-9-23(28)29-5)26(20,4)13-11-21(24)25;1-15(5-8-22(28)29-4)18-6-7-19-23-20(10-12-25(18,19)3)24(2)11-9-17(26)13-16(24)14-21(23)27;1-3(5)7-4(2)6/h16-21,24H,6-15H2,1-5H3;15-20,23,26H,5-14H2,1-4H3;1-2H3/t16-,17-,18+,19-,20+,21+,24+,25+,26-;15-,16+,17-,18-,19+,20+,23+,24+,25-;/m11./s1. The van der Waals surface area contributed by atoms with Gasteiger partial charge in [0.1, 0.15) is 11.6 Å². The van der Waals surface area contributed by atoms with Crippen LogP contribution < -0.4 is 0 Å². The molecule has 0 bridgehead atoms. The molecule has 0 saturated heterocycles. The number of carbonyl (C=O) groups is 6. The predicted octanol–water partition coefficient (Wildman–Crippen LogP) is 10.9. The molecular formula is C55H88O10. The number of Topliss-reactive ketones (excluding diaryl/α,β-unsaturated/α-hetero) is 2. The molecule has 0 aromatic heterocycles. The Hall–Kier alpha value is -2.62. The summed E-state index contributed by atoms with van der Waals surface area (Å²) in [6, 6.07) is 0. The number of esters is 4. The maximum absolute atomic E-state index is 13.5. The van der Waals surface area contributed by atoms with Crippen LogP contribution in [0.3, 0.4) is 0 Å². The van der Waals surface area contributed by atoms with Gasteiger partial charge >= 0.3 is 23.9 Å². The second-order valence-electron chi connectivity index (χ2n) is 24.3. The summed E-state index contributed by atoms with van der Waals surface area (Å²) >= 11 is 0. The molecule has 8 fully saturated rings. The van der Waals surface area contributed by atoms with E-state index in [4.69, 9.17) is 9.47 Å². The lowest BCUT2D eigenvalue weighted by Gasteiger charge is -2.60. The SMILES string of the molecule is CC(=O)OC(C)=O.COC(=O)CC[C@@H](C)[C@H]1CC[C@H]2[C@@H]3C(=O)C[C@@H]4C[C@H](C)CC[C@]4(C)[C@H]3CC[C@]12C.COC(=O)CC[C@@H](C)[C@H]1CC[C@H]2[C@@H]3C(=O)C[C@@H]4C[C@H](O)CC[C@]4(C)[C@H]3CC[C@]12C. The van der Waals surface area contributed by atoms with Gasteiger partial charge in [0.05, 0.1) is 20.3 Å². The maximum atomic E-state index is 13.5. The number of ketones is 2. The average Bonchev–Trinajstić information content (AvgIpc) is 3.79. The van der Waals surface area contributed by atoms with E-state index in [2.05, 4.69) is 53.2 Å². The van der Waals surface area contributed by atoms with Gasteiger partial charge in [0.25, 0.3) is 0 Å². The van der Waals surface area contributed by atoms with Gasteiger partial charge in [0, 0.05) is 51.4 Å². The van der Waals surface area contributed by atoms with Crippen molar-refractivity contribution in [1.82, 2.24) is 0 Å². The lowest BCUT2D eigenvalue weighted by atomic mass is 9.43. The molecule has 0 aromatic carbocycles. The summed E-state index contributed by atoms with van der Waals surface area (Å²) in [6.07, 6.45) is 20.6. The van der Waals surface area contributed by atoms with Gasteiger partial charge in [-0.1, -0.05) is 54.9 Å². The van der Waals surface area contributed by atoms with Crippen LogP contribution in [0.25, 0.3) is 0 Å². The van der Waals surface area contributed by atoms with Crippen molar-refractivity contribution in [2.24, 2.45) is 98.6 Å². The monoisotopic (exact) mass is 909 g/mol. The fraction of sp³-hybridized carbons (Fsp3) is 0.891. The van der Waals surface area contributed by atoms with Crippen molar-refractivity contribution in [1.29, 1.82) is 0 Å². The summed E-state index contributed by atoms with van der Waals surface area (Å²) in [5.74, 6) is 6.54. The molecule has 1 N–H and O–H groups in total. The molecule has 18 atom stereocenters. The molecule has 0 aliphatic heterocycles. The fourth-order valence-electron chi connectivity index (χ4n) is 17.5. The van der Waals surface area contributed by atoms with Gasteiger partial charge in [-0.05, 0) is 183 Å². The third-order valence-electron chi connectivity index (χ3n) is 21.0. The Labute approximate surface area is 392 Å². The lowest BCUT2D eigenvalue weighted by Crippen LogP contribution is -2.57. The quantitative estimate of drug-likeness (QED) is 0.142. The van der Waals surface area contributed by atoms with Crippen molar-refractivity contribution in [3.8, 4) is 0 Å². The Morgan fingerprint density at radius 3 is 1.37 bits per heavy atom. The summed E-state index contributed by atoms with van der Waals surface area (Å²) in [4.78, 5) is 69.8. The molecule has 368 valence electrons. The molecule has 10 heteroatoms. The van der Waals surface area contributed by atoms with E-state index < -0.39 is 11.9 Å². The van der Waals surface area contributed by atoms with Crippen molar-refractivity contribution in [2.45, 2.75) is 197 Å². The highest BCUT2D eigenvalue weighted by Crippen LogP contribution is 2.69. The number of hydrogen-bond acceptors (Lipinski definition) is 10. The third-order valence-corrected chi connectivity index (χ3v) is 21.0. The van der Waals surface area contributed by atoms with Crippen molar-refractivity contribution in [2.75, 3.05) is 14.2 Å². The van der Waals surface area contributed by atoms with Crippen LogP contribution in [0.4, 0.5) is 0 Å². The van der Waals surface area contributed by atoms with Gasteiger partial charge < -0.3 is 19.3 Å². The Kier molecular flexibility index (Phi) is 16.4. The van der Waals surface area contributed by atoms with Crippen molar-refractivity contribution >= 4 is 35.4 Å². The van der Waals surface area contributed by atoms with Crippen molar-refractivity contribution < 1.29 is 48.1 Å². The summed E-state index contributed by atoms with van der Waals surface area (Å²) in [7, 11) is 2.95. The number of aliphatic hydroxyl groups is 1. The van der Waals surface area contributed by atoms with Gasteiger partial charge in [-0.15, -0.1) is 0 Å². The molecule has 0 spiro atoms. The topological polar surface area (TPSA) is 150 Å². The molecule has 0 amide bonds. The summed E-state index contributed by atoms with van der Waals surface area (Å²) in [5, 5.41) is 10.2. The van der Waals surface area contributed by atoms with Crippen LogP contribution in [0.1, 0.15) is 191 Å². The fourth-order valence-corrected chi connectivity index (χ4v) is 17.5. The van der Waals surface area contributed by atoms with Crippen LogP contribution in [-0.4, -0.2) is 60.9 Å². The van der Waals surface area contributed by atoms with Crippen LogP contribution >= 0.6 is 0 Å². The van der Waals surface area contributed by atoms with Crippen LogP contribution in [0.15, 0.2) is 0 Å². The molecule has 0 heterocycles. The zero-order valence-electron chi connectivity index (χ0n) is 42.3. The number of aliphatic hydroxyl groups excluding tert-OH is 1. The van der Waals surface area contributed by atoms with Gasteiger partial charge in [-0.3, -0.25) is 28.8 Å². The van der Waals surface area contributed by atoms with E-state index in [1.165, 1.54) is 92.3 Å². The van der Waals surface area contributed by atoms with E-state index in [1.54, 1.807) is 0 Å². The number of ether oxygens (including phenoxy) is 3. The lowest BCUT2D eigenvalue weighted by molar-refractivity contribution is -0.161. The van der Waals surface area contributed by atoms with Crippen molar-refractivity contribution in [3.63, 3.8) is 0 Å². The molecule has 65 heavy (non-hydrogen) atoms. The summed E-state index contributed by atoms with van der Waals surface area (Å²) < 4.78 is 13.7. The van der Waals surface area contributed by atoms with Crippen LogP contribution in [-0.2, 0) is 43.0 Å². The molecule has 8 aliphatic carbocycles. The van der Waals surface area contributed by atoms with Gasteiger partial charge in [0.2, 0.25) is 0 Å². The molecule has 0 radical (unpaired) electrons. The van der Waals surface area contributed by atoms with Gasteiger partial charge in [-0.2, -0.15) is 0 Å². The Balaban J connectivity index is 0.000000188. The van der Waals surface area contributed by atoms with E-state index in [0.29, 0.717) is 101 Å². The zero-order chi connectivity index (χ0) is 47.8. The highest BCUT2D eigenvalue weighted by atomic mass is 16.6. The van der Waals surface area contributed by atoms with E-state index >= 15 is 0 Å². The van der Waals surface area contributed by atoms with E-state index in [-0.39, 0.29) is 40.2 Å². The summed E-state index contributed by atoms with van der Waals surface area (Å²) in [5.41, 5.74) is 1.12. The normalized spacial score (nSPS) is 43.4. The van der Waals surface area contributed by atoms with Crippen LogP contribution in [0.2, 0.25) is 0 Å². The first kappa shape index (κ1) is 51.8. The Bertz CT molecular complexity index is 1630. The number of rotatable bonds is 8. The first-order valence-corrected chi connectivity index (χ1v) is 26.1. The number of hydrogen-bond donors (Lipinski definition) is 1. The van der Waals surface area contributed by atoms with Gasteiger partial charge in [-0.25, -0.2) is 0 Å². The maximum Gasteiger partial charge on any atom is 0.310 e. The highest BCUT2D eigenvalue weighted by Gasteiger charge is 2.64. The van der Waals surface area contributed by atoms with Crippen molar-refractivity contribution in [3.05, 3.63) is 0 Å². The smallest absolute Gasteiger partial charge is 0.310 e. The number of carbonyl (C=O) groups excluding carboxylic acids is 6. The molecule has 8 rings (SSSR count). The minimum Gasteiger partial charge on any atom is -0.469 e. The van der Waals surface area contributed by atoms with Crippen LogP contribution in [0.5, 0.6) is 0 Å². The number of methoxy groups -OCH3 is 2. The largest absolute Gasteiger partial charge is 0.469 e. The second-order valence-corrected chi connectivity index (χ2v) is 24.3. The molecule has 0 unspecified atom stereocenters. The van der Waals surface area contributed by atoms with E-state index in [0.717, 1.165) is 50.9 Å². The third kappa shape index (κ3) is 10.2. The minimum absolute atomic E-state index is 0.0896. The minimum atomic E-state index is -0.562. The van der Waals surface area contributed by atoms with E-state index in [9.17, 15) is 33.9 Å². The first-order chi connectivity index (χ1) is 30.5. The summed E-state index contributed by atoms with van der Waals surface area (Å²) in [6.45, 7) is 19.3.